The van der Waals surface area contributed by atoms with Gasteiger partial charge in [0.1, 0.15) is 11.5 Å². The average molecular weight is 374 g/mol. The first kappa shape index (κ1) is 17.8. The molecule has 26 heavy (non-hydrogen) atoms. The maximum Gasteiger partial charge on any atom is 0.264 e. The van der Waals surface area contributed by atoms with Gasteiger partial charge in [0, 0.05) is 0 Å². The number of nitrogens with one attached hydrogen (secondary N) is 1. The van der Waals surface area contributed by atoms with Crippen LogP contribution in [-0.4, -0.2) is 27.8 Å². The van der Waals surface area contributed by atoms with Crippen LogP contribution in [0.1, 0.15) is 5.56 Å². The summed E-state index contributed by atoms with van der Waals surface area (Å²) in [4.78, 5) is 0.135. The van der Waals surface area contributed by atoms with Crippen molar-refractivity contribution in [2.45, 2.75) is 11.8 Å². The first-order valence-corrected chi connectivity index (χ1v) is 9.19. The molecule has 0 aliphatic heterocycles. The summed E-state index contributed by atoms with van der Waals surface area (Å²) in [6, 6.07) is 11.9. The number of benzene rings is 2. The molecule has 3 aromatic rings. The minimum atomic E-state index is -3.85. The predicted molar refractivity (Wildman–Crippen MR) is 97.0 cm³/mol. The predicted octanol–water partition coefficient (Wildman–Crippen LogP) is 3.47. The zero-order valence-electron chi connectivity index (χ0n) is 14.5. The minimum Gasteiger partial charge on any atom is -0.497 e. The van der Waals surface area contributed by atoms with Gasteiger partial charge in [-0.1, -0.05) is 17.3 Å². The number of aromatic nitrogens is 1. The Kier molecular flexibility index (Phi) is 4.85. The van der Waals surface area contributed by atoms with Gasteiger partial charge in [0.05, 0.1) is 30.9 Å². The summed E-state index contributed by atoms with van der Waals surface area (Å²) < 4.78 is 43.3. The van der Waals surface area contributed by atoms with Crippen LogP contribution in [0.25, 0.3) is 11.1 Å². The van der Waals surface area contributed by atoms with Gasteiger partial charge in [-0.2, -0.15) is 0 Å². The maximum absolute atomic E-state index is 12.7. The standard InChI is InChI=1S/C18H18N2O5S/c1-12-10-15(24-3)8-9-17(12)26(21,22)20-18-16(11-19-25-18)13-4-6-14(23-2)7-5-13/h4-11,20H,1-3H3. The van der Waals surface area contributed by atoms with E-state index in [0.717, 1.165) is 5.56 Å². The number of hydrogen-bond acceptors (Lipinski definition) is 6. The van der Waals surface area contributed by atoms with E-state index in [4.69, 9.17) is 14.0 Å². The van der Waals surface area contributed by atoms with E-state index in [2.05, 4.69) is 9.88 Å². The molecule has 0 saturated heterocycles. The lowest BCUT2D eigenvalue weighted by Gasteiger charge is -2.10. The summed E-state index contributed by atoms with van der Waals surface area (Å²) in [5.74, 6) is 1.33. The molecular weight excluding hydrogens is 356 g/mol. The third kappa shape index (κ3) is 3.50. The summed E-state index contributed by atoms with van der Waals surface area (Å²) in [6.45, 7) is 1.70. The summed E-state index contributed by atoms with van der Waals surface area (Å²) in [5, 5.41) is 3.72. The molecule has 136 valence electrons. The number of anilines is 1. The molecule has 0 spiro atoms. The highest BCUT2D eigenvalue weighted by Crippen LogP contribution is 2.31. The Balaban J connectivity index is 1.93. The van der Waals surface area contributed by atoms with Crippen molar-refractivity contribution < 1.29 is 22.4 Å². The molecule has 2 aromatic carbocycles. The normalized spacial score (nSPS) is 11.2. The lowest BCUT2D eigenvalue weighted by Crippen LogP contribution is -2.14. The van der Waals surface area contributed by atoms with E-state index < -0.39 is 10.0 Å². The smallest absolute Gasteiger partial charge is 0.264 e. The highest BCUT2D eigenvalue weighted by atomic mass is 32.2. The Morgan fingerprint density at radius 2 is 1.65 bits per heavy atom. The van der Waals surface area contributed by atoms with Crippen LogP contribution >= 0.6 is 0 Å². The van der Waals surface area contributed by atoms with Crippen molar-refractivity contribution in [1.82, 2.24) is 5.16 Å². The van der Waals surface area contributed by atoms with E-state index in [0.29, 0.717) is 22.6 Å². The second kappa shape index (κ2) is 7.09. The fourth-order valence-electron chi connectivity index (χ4n) is 2.52. The van der Waals surface area contributed by atoms with Crippen LogP contribution in [0.2, 0.25) is 0 Å². The molecule has 0 radical (unpaired) electrons. The average Bonchev–Trinajstić information content (AvgIpc) is 3.08. The Hall–Kier alpha value is -3.00. The van der Waals surface area contributed by atoms with Crippen LogP contribution in [0.3, 0.4) is 0 Å². The topological polar surface area (TPSA) is 90.7 Å². The highest BCUT2D eigenvalue weighted by Gasteiger charge is 2.22. The fraction of sp³-hybridized carbons (Fsp3) is 0.167. The van der Waals surface area contributed by atoms with Gasteiger partial charge in [-0.3, -0.25) is 0 Å². The number of methoxy groups -OCH3 is 2. The fourth-order valence-corrected chi connectivity index (χ4v) is 3.75. The van der Waals surface area contributed by atoms with Gasteiger partial charge < -0.3 is 14.0 Å². The molecule has 0 aliphatic rings. The second-order valence-corrected chi connectivity index (χ2v) is 7.18. The van der Waals surface area contributed by atoms with Crippen LogP contribution in [0.5, 0.6) is 11.5 Å². The minimum absolute atomic E-state index is 0.0467. The summed E-state index contributed by atoms with van der Waals surface area (Å²) in [6.07, 6.45) is 1.46. The summed E-state index contributed by atoms with van der Waals surface area (Å²) in [7, 11) is -0.747. The number of aryl methyl sites for hydroxylation is 1. The van der Waals surface area contributed by atoms with Gasteiger partial charge in [0.2, 0.25) is 5.88 Å². The highest BCUT2D eigenvalue weighted by molar-refractivity contribution is 7.92. The SMILES string of the molecule is COc1ccc(-c2cnoc2NS(=O)(=O)c2ccc(OC)cc2C)cc1. The van der Waals surface area contributed by atoms with Crippen molar-refractivity contribution in [2.75, 3.05) is 18.9 Å². The summed E-state index contributed by atoms with van der Waals surface area (Å²) >= 11 is 0. The Labute approximate surface area is 151 Å². The molecule has 0 atom stereocenters. The molecule has 0 bridgehead atoms. The van der Waals surface area contributed by atoms with Gasteiger partial charge >= 0.3 is 0 Å². The van der Waals surface area contributed by atoms with Gasteiger partial charge in [0.25, 0.3) is 10.0 Å². The monoisotopic (exact) mass is 374 g/mol. The Bertz CT molecular complexity index is 1010. The molecule has 0 amide bonds. The number of sulfonamides is 1. The molecule has 1 heterocycles. The Morgan fingerprint density at radius 3 is 2.27 bits per heavy atom. The van der Waals surface area contributed by atoms with Crippen molar-refractivity contribution in [3.63, 3.8) is 0 Å². The molecule has 0 saturated carbocycles. The molecular formula is C18H18N2O5S. The molecule has 0 unspecified atom stereocenters. The second-order valence-electron chi connectivity index (χ2n) is 5.53. The zero-order valence-corrected chi connectivity index (χ0v) is 15.3. The van der Waals surface area contributed by atoms with Gasteiger partial charge in [-0.05, 0) is 48.4 Å². The molecule has 3 rings (SSSR count). The van der Waals surface area contributed by atoms with Crippen LogP contribution in [0.4, 0.5) is 5.88 Å². The zero-order chi connectivity index (χ0) is 18.7. The third-order valence-electron chi connectivity index (χ3n) is 3.87. The maximum atomic E-state index is 12.7. The number of rotatable bonds is 6. The number of hydrogen-bond donors (Lipinski definition) is 1. The largest absolute Gasteiger partial charge is 0.497 e. The Morgan fingerprint density at radius 1 is 1.00 bits per heavy atom. The van der Waals surface area contributed by atoms with Gasteiger partial charge in [-0.25, -0.2) is 13.1 Å². The number of nitrogens with zero attached hydrogens (tertiary/aromatic N) is 1. The first-order valence-electron chi connectivity index (χ1n) is 7.71. The lowest BCUT2D eigenvalue weighted by atomic mass is 10.1. The van der Waals surface area contributed by atoms with Crippen LogP contribution in [-0.2, 0) is 10.0 Å². The first-order chi connectivity index (χ1) is 12.4. The summed E-state index contributed by atoms with van der Waals surface area (Å²) in [5.41, 5.74) is 1.83. The van der Waals surface area contributed by atoms with E-state index in [1.54, 1.807) is 50.4 Å². The van der Waals surface area contributed by atoms with E-state index in [-0.39, 0.29) is 10.8 Å². The lowest BCUT2D eigenvalue weighted by molar-refractivity contribution is 0.414. The van der Waals surface area contributed by atoms with Crippen molar-refractivity contribution >= 4 is 15.9 Å². The third-order valence-corrected chi connectivity index (χ3v) is 5.36. The van der Waals surface area contributed by atoms with Crippen molar-refractivity contribution in [3.8, 4) is 22.6 Å². The molecule has 8 heteroatoms. The molecule has 1 N–H and O–H groups in total. The molecule has 1 aromatic heterocycles. The van der Waals surface area contributed by atoms with Crippen LogP contribution in [0.15, 0.2) is 58.1 Å². The van der Waals surface area contributed by atoms with Crippen molar-refractivity contribution in [1.29, 1.82) is 0 Å². The molecule has 7 nitrogen and oxygen atoms in total. The van der Waals surface area contributed by atoms with Crippen molar-refractivity contribution in [3.05, 3.63) is 54.2 Å². The van der Waals surface area contributed by atoms with E-state index >= 15 is 0 Å². The van der Waals surface area contributed by atoms with Gasteiger partial charge in [-0.15, -0.1) is 0 Å². The molecule has 0 fully saturated rings. The van der Waals surface area contributed by atoms with Crippen molar-refractivity contribution in [2.24, 2.45) is 0 Å². The quantitative estimate of drug-likeness (QED) is 0.710. The van der Waals surface area contributed by atoms with Crippen LogP contribution < -0.4 is 14.2 Å². The van der Waals surface area contributed by atoms with E-state index in [1.807, 2.05) is 0 Å². The van der Waals surface area contributed by atoms with Gasteiger partial charge in [0.15, 0.2) is 0 Å². The number of ether oxygens (including phenoxy) is 2. The molecule has 0 aliphatic carbocycles. The van der Waals surface area contributed by atoms with E-state index in [1.165, 1.54) is 19.4 Å². The van der Waals surface area contributed by atoms with E-state index in [9.17, 15) is 8.42 Å². The van der Waals surface area contributed by atoms with Crippen LogP contribution in [0, 0.1) is 6.92 Å².